The van der Waals surface area contributed by atoms with Gasteiger partial charge in [-0.25, -0.2) is 17.2 Å². The fourth-order valence-electron chi connectivity index (χ4n) is 1.98. The van der Waals surface area contributed by atoms with Gasteiger partial charge < -0.3 is 10.1 Å². The normalized spacial score (nSPS) is 22.3. The quantitative estimate of drug-likeness (QED) is 0.852. The van der Waals surface area contributed by atoms with Gasteiger partial charge in [-0.1, -0.05) is 0 Å². The average molecular weight is 340 g/mol. The molecule has 1 aliphatic rings. The van der Waals surface area contributed by atoms with Gasteiger partial charge in [0, 0.05) is 17.3 Å². The number of hydrogen-bond acceptors (Lipinski definition) is 4. The summed E-state index contributed by atoms with van der Waals surface area (Å²) in [5.74, 6) is -3.82. The smallest absolute Gasteiger partial charge is 0.261 e. The molecule has 1 aromatic rings. The van der Waals surface area contributed by atoms with Crippen LogP contribution in [0.2, 0.25) is 0 Å². The molecule has 1 unspecified atom stereocenters. The van der Waals surface area contributed by atoms with Crippen LogP contribution in [0.3, 0.4) is 0 Å². The molecule has 0 saturated carbocycles. The molecule has 1 aromatic carbocycles. The van der Waals surface area contributed by atoms with E-state index >= 15 is 0 Å². The lowest BCUT2D eigenvalue weighted by Gasteiger charge is -2.23. The third kappa shape index (κ3) is 3.50. The number of amides is 1. The molecule has 1 aliphatic heterocycles. The van der Waals surface area contributed by atoms with Crippen molar-refractivity contribution in [1.82, 2.24) is 5.32 Å². The number of hydrogen-bond donors (Lipinski definition) is 1. The minimum absolute atomic E-state index is 0.232. The Balaban J connectivity index is 2.38. The van der Waals surface area contributed by atoms with E-state index in [-0.39, 0.29) is 6.61 Å². The average Bonchev–Trinajstić information content (AvgIpc) is 2.77. The third-order valence-electron chi connectivity index (χ3n) is 3.16. The second kappa shape index (κ2) is 5.51. The molecule has 0 aromatic heterocycles. The fraction of sp³-hybridized carbons (Fsp3) is 0.417. The Morgan fingerprint density at radius 2 is 2.10 bits per heavy atom. The molecule has 1 amide bonds. The molecule has 0 radical (unpaired) electrons. The summed E-state index contributed by atoms with van der Waals surface area (Å²) in [6.45, 7) is 2.36. The molecular weight excluding hydrogens is 328 g/mol. The van der Waals surface area contributed by atoms with Gasteiger partial charge in [0.15, 0.2) is 11.6 Å². The number of carbonyl (C=O) groups is 1. The van der Waals surface area contributed by atoms with Crippen molar-refractivity contribution in [3.63, 3.8) is 0 Å². The lowest BCUT2D eigenvalue weighted by atomic mass is 10.0. The van der Waals surface area contributed by atoms with Crippen LogP contribution in [0, 0.1) is 11.6 Å². The van der Waals surface area contributed by atoms with Gasteiger partial charge in [0.2, 0.25) is 0 Å². The largest absolute Gasteiger partial charge is 0.379 e. The summed E-state index contributed by atoms with van der Waals surface area (Å²) in [6.07, 6.45) is 0.510. The zero-order chi connectivity index (χ0) is 15.8. The standard InChI is InChI=1S/C12H12ClF2NO4S/c1-12(2-3-20-6-12)16-11(17)8-4-7(21(13,18)19)5-9(14)10(8)15/h4-5H,2-3,6H2,1H3,(H,16,17). The Morgan fingerprint density at radius 1 is 1.43 bits per heavy atom. The fourth-order valence-corrected chi connectivity index (χ4v) is 2.75. The molecule has 1 saturated heterocycles. The molecule has 2 rings (SSSR count). The molecule has 0 spiro atoms. The number of ether oxygens (including phenoxy) is 1. The van der Waals surface area contributed by atoms with Gasteiger partial charge >= 0.3 is 0 Å². The first-order valence-corrected chi connectivity index (χ1v) is 8.27. The van der Waals surface area contributed by atoms with Crippen LogP contribution in [0.15, 0.2) is 17.0 Å². The van der Waals surface area contributed by atoms with Crippen molar-refractivity contribution in [2.75, 3.05) is 13.2 Å². The van der Waals surface area contributed by atoms with Crippen molar-refractivity contribution in [3.05, 3.63) is 29.3 Å². The molecule has 0 aliphatic carbocycles. The number of halogens is 3. The van der Waals surface area contributed by atoms with E-state index in [1.54, 1.807) is 6.92 Å². The van der Waals surface area contributed by atoms with Crippen LogP contribution in [0.4, 0.5) is 8.78 Å². The lowest BCUT2D eigenvalue weighted by Crippen LogP contribution is -2.46. The van der Waals surface area contributed by atoms with Crippen LogP contribution in [-0.2, 0) is 13.8 Å². The van der Waals surface area contributed by atoms with E-state index in [9.17, 15) is 22.0 Å². The minimum Gasteiger partial charge on any atom is -0.379 e. The summed E-state index contributed by atoms with van der Waals surface area (Å²) in [7, 11) is 0.809. The number of rotatable bonds is 3. The van der Waals surface area contributed by atoms with Crippen molar-refractivity contribution < 1.29 is 26.7 Å². The van der Waals surface area contributed by atoms with E-state index in [1.807, 2.05) is 0 Å². The predicted octanol–water partition coefficient (Wildman–Crippen LogP) is 1.80. The monoisotopic (exact) mass is 339 g/mol. The minimum atomic E-state index is -4.28. The second-order valence-electron chi connectivity index (χ2n) is 5.02. The van der Waals surface area contributed by atoms with Crippen molar-refractivity contribution in [2.45, 2.75) is 23.8 Å². The van der Waals surface area contributed by atoms with Crippen LogP contribution in [0.5, 0.6) is 0 Å². The summed E-state index contributed by atoms with van der Waals surface area (Å²) >= 11 is 0. The lowest BCUT2D eigenvalue weighted by molar-refractivity contribution is 0.0884. The first-order chi connectivity index (χ1) is 9.62. The maximum absolute atomic E-state index is 13.7. The Morgan fingerprint density at radius 3 is 2.62 bits per heavy atom. The number of carbonyl (C=O) groups excluding carboxylic acids is 1. The van der Waals surface area contributed by atoms with Gasteiger partial charge in [-0.15, -0.1) is 0 Å². The van der Waals surface area contributed by atoms with Crippen LogP contribution in [-0.4, -0.2) is 33.1 Å². The molecule has 9 heteroatoms. The van der Waals surface area contributed by atoms with E-state index in [0.29, 0.717) is 25.2 Å². The highest BCUT2D eigenvalue weighted by Gasteiger charge is 2.33. The molecule has 1 fully saturated rings. The molecular formula is C12H12ClF2NO4S. The summed E-state index contributed by atoms with van der Waals surface area (Å²) in [5, 5.41) is 2.51. The number of benzene rings is 1. The van der Waals surface area contributed by atoms with E-state index < -0.39 is 42.6 Å². The summed E-state index contributed by atoms with van der Waals surface area (Å²) in [6, 6.07) is 1.13. The van der Waals surface area contributed by atoms with E-state index in [0.717, 1.165) is 0 Å². The Labute approximate surface area is 124 Å². The maximum atomic E-state index is 13.7. The highest BCUT2D eigenvalue weighted by Crippen LogP contribution is 2.23. The van der Waals surface area contributed by atoms with Gasteiger partial charge in [0.05, 0.1) is 22.6 Å². The molecule has 0 bridgehead atoms. The van der Waals surface area contributed by atoms with Crippen molar-refractivity contribution >= 4 is 25.6 Å². The van der Waals surface area contributed by atoms with E-state index in [2.05, 4.69) is 5.32 Å². The van der Waals surface area contributed by atoms with E-state index in [4.69, 9.17) is 15.4 Å². The van der Waals surface area contributed by atoms with Crippen LogP contribution >= 0.6 is 10.7 Å². The SMILES string of the molecule is CC1(NC(=O)c2cc(S(=O)(=O)Cl)cc(F)c2F)CCOC1. The molecule has 116 valence electrons. The second-order valence-corrected chi connectivity index (χ2v) is 7.59. The zero-order valence-electron chi connectivity index (χ0n) is 11.0. The van der Waals surface area contributed by atoms with Gasteiger partial charge in [-0.2, -0.15) is 0 Å². The molecule has 1 heterocycles. The molecule has 5 nitrogen and oxygen atoms in total. The molecule has 1 N–H and O–H groups in total. The van der Waals surface area contributed by atoms with Crippen LogP contribution in [0.1, 0.15) is 23.7 Å². The van der Waals surface area contributed by atoms with Crippen molar-refractivity contribution in [1.29, 1.82) is 0 Å². The van der Waals surface area contributed by atoms with Crippen molar-refractivity contribution in [3.8, 4) is 0 Å². The third-order valence-corrected chi connectivity index (χ3v) is 4.50. The van der Waals surface area contributed by atoms with Crippen LogP contribution < -0.4 is 5.32 Å². The van der Waals surface area contributed by atoms with Gasteiger partial charge in [0.1, 0.15) is 0 Å². The zero-order valence-corrected chi connectivity index (χ0v) is 12.5. The predicted molar refractivity (Wildman–Crippen MR) is 70.7 cm³/mol. The van der Waals surface area contributed by atoms with E-state index in [1.165, 1.54) is 0 Å². The van der Waals surface area contributed by atoms with Gasteiger partial charge in [0.25, 0.3) is 15.0 Å². The number of nitrogens with one attached hydrogen (secondary N) is 1. The summed E-state index contributed by atoms with van der Waals surface area (Å²) in [5.41, 5.74) is -1.43. The molecule has 1 atom stereocenters. The maximum Gasteiger partial charge on any atom is 0.261 e. The van der Waals surface area contributed by atoms with Gasteiger partial charge in [-0.3, -0.25) is 4.79 Å². The highest BCUT2D eigenvalue weighted by atomic mass is 35.7. The Kier molecular flexibility index (Phi) is 4.23. The first kappa shape index (κ1) is 16.1. The first-order valence-electron chi connectivity index (χ1n) is 5.96. The highest BCUT2D eigenvalue weighted by molar-refractivity contribution is 8.13. The summed E-state index contributed by atoms with van der Waals surface area (Å²) in [4.78, 5) is 11.4. The summed E-state index contributed by atoms with van der Waals surface area (Å²) < 4.78 is 54.7. The van der Waals surface area contributed by atoms with Gasteiger partial charge in [-0.05, 0) is 25.5 Å². The van der Waals surface area contributed by atoms with Crippen molar-refractivity contribution in [2.24, 2.45) is 0 Å². The van der Waals surface area contributed by atoms with Crippen LogP contribution in [0.25, 0.3) is 0 Å². The Bertz CT molecular complexity index is 687. The Hall–Kier alpha value is -1.25. The molecule has 21 heavy (non-hydrogen) atoms. The topological polar surface area (TPSA) is 72.5 Å².